The molecule has 7 nitrogen and oxygen atoms in total. The van der Waals surface area contributed by atoms with Gasteiger partial charge in [0, 0.05) is 28.2 Å². The molecular weight excluding hydrogens is 360 g/mol. The molecular formula is C19H20N6OS. The van der Waals surface area contributed by atoms with E-state index in [-0.39, 0.29) is 11.8 Å². The van der Waals surface area contributed by atoms with Gasteiger partial charge in [-0.3, -0.25) is 4.90 Å². The minimum Gasteiger partial charge on any atom is -0.507 e. The summed E-state index contributed by atoms with van der Waals surface area (Å²) in [5.74, 6) is 0.698. The Bertz CT molecular complexity index is 1010. The van der Waals surface area contributed by atoms with Gasteiger partial charge in [0.1, 0.15) is 11.4 Å². The maximum atomic E-state index is 10.6. The molecule has 1 aliphatic heterocycles. The van der Waals surface area contributed by atoms with Crippen LogP contribution >= 0.6 is 11.3 Å². The van der Waals surface area contributed by atoms with Crippen LogP contribution in [-0.2, 0) is 0 Å². The van der Waals surface area contributed by atoms with E-state index in [2.05, 4.69) is 31.5 Å². The lowest BCUT2D eigenvalue weighted by atomic mass is 10.1. The number of anilines is 1. The monoisotopic (exact) mass is 380 g/mol. The average Bonchev–Trinajstić information content (AvgIpc) is 3.13. The number of nitrogens with zero attached hydrogens (tertiary/aromatic N) is 5. The molecule has 0 spiro atoms. The van der Waals surface area contributed by atoms with Crippen LogP contribution in [0.1, 0.15) is 18.5 Å². The number of hydrogen-bond acceptors (Lipinski definition) is 8. The van der Waals surface area contributed by atoms with Crippen LogP contribution in [0.3, 0.4) is 0 Å². The van der Waals surface area contributed by atoms with Crippen molar-refractivity contribution >= 4 is 27.4 Å². The van der Waals surface area contributed by atoms with E-state index in [0.717, 1.165) is 36.0 Å². The molecule has 4 rings (SSSR count). The number of hydrogen-bond donors (Lipinski definition) is 2. The van der Waals surface area contributed by atoms with Crippen LogP contribution in [0.5, 0.6) is 5.75 Å². The minimum absolute atomic E-state index is 0.203. The lowest BCUT2D eigenvalue weighted by Gasteiger charge is -2.31. The molecule has 3 heterocycles. The molecule has 27 heavy (non-hydrogen) atoms. The fraction of sp³-hybridized carbons (Fsp3) is 0.368. The van der Waals surface area contributed by atoms with E-state index in [1.807, 2.05) is 30.5 Å². The number of aromatic hydroxyl groups is 1. The molecule has 0 aliphatic carbocycles. The molecule has 1 aromatic carbocycles. The quantitative estimate of drug-likeness (QED) is 0.671. The van der Waals surface area contributed by atoms with Crippen LogP contribution in [0.4, 0.5) is 5.95 Å². The first-order valence-corrected chi connectivity index (χ1v) is 9.80. The average molecular weight is 380 g/mol. The van der Waals surface area contributed by atoms with Crippen LogP contribution in [0.2, 0.25) is 0 Å². The largest absolute Gasteiger partial charge is 0.507 e. The summed E-state index contributed by atoms with van der Waals surface area (Å²) in [6.07, 6.45) is 2.06. The van der Waals surface area contributed by atoms with Crippen molar-refractivity contribution in [1.29, 1.82) is 5.26 Å². The van der Waals surface area contributed by atoms with Crippen molar-refractivity contribution in [1.82, 2.24) is 20.1 Å². The molecule has 0 saturated carbocycles. The molecule has 2 N–H and O–H groups in total. The van der Waals surface area contributed by atoms with Gasteiger partial charge in [-0.2, -0.15) is 5.26 Å². The molecule has 8 heteroatoms. The van der Waals surface area contributed by atoms with Gasteiger partial charge in [-0.15, -0.1) is 21.5 Å². The van der Waals surface area contributed by atoms with Gasteiger partial charge in [0.2, 0.25) is 5.95 Å². The van der Waals surface area contributed by atoms with Crippen molar-refractivity contribution < 1.29 is 5.11 Å². The summed E-state index contributed by atoms with van der Waals surface area (Å²) >= 11 is 1.59. The summed E-state index contributed by atoms with van der Waals surface area (Å²) < 4.78 is 1.03. The number of nitriles is 1. The van der Waals surface area contributed by atoms with Gasteiger partial charge in [0.25, 0.3) is 0 Å². The van der Waals surface area contributed by atoms with Crippen LogP contribution < -0.4 is 5.32 Å². The minimum atomic E-state index is 0.203. The number of fused-ring (bicyclic) bond motifs is 1. The lowest BCUT2D eigenvalue weighted by Crippen LogP contribution is -2.42. The van der Waals surface area contributed by atoms with E-state index in [4.69, 9.17) is 5.26 Å². The molecule has 3 aromatic rings. The molecule has 0 unspecified atom stereocenters. The van der Waals surface area contributed by atoms with Crippen molar-refractivity contribution in [2.24, 2.45) is 0 Å². The summed E-state index contributed by atoms with van der Waals surface area (Å²) in [5, 5.41) is 34.1. The highest BCUT2D eigenvalue weighted by atomic mass is 32.1. The molecule has 1 saturated heterocycles. The van der Waals surface area contributed by atoms with Crippen molar-refractivity contribution in [2.75, 3.05) is 25.0 Å². The standard InChI is InChI=1S/C19H20N6OS/c1-12-17(15-4-5-16-14(18(15)26)6-10-27-16)23-24-19(21-12)22-13-3-2-8-25(11-13)9-7-20/h4-6,10,13,26H,2-3,8-9,11H2,1H3,(H,21,22,24)/t13-/m1/s1. The number of phenolic OH excluding ortho intramolecular Hbond substituents is 1. The fourth-order valence-electron chi connectivity index (χ4n) is 3.53. The Hall–Kier alpha value is -2.76. The maximum absolute atomic E-state index is 10.6. The highest BCUT2D eigenvalue weighted by molar-refractivity contribution is 7.17. The topological polar surface area (TPSA) is 98.0 Å². The van der Waals surface area contributed by atoms with Crippen LogP contribution in [-0.4, -0.2) is 50.9 Å². The number of benzene rings is 1. The van der Waals surface area contributed by atoms with Crippen molar-refractivity contribution in [2.45, 2.75) is 25.8 Å². The smallest absolute Gasteiger partial charge is 0.243 e. The number of nitrogens with one attached hydrogen (secondary N) is 1. The van der Waals surface area contributed by atoms with E-state index >= 15 is 0 Å². The number of rotatable bonds is 4. The second-order valence-electron chi connectivity index (χ2n) is 6.74. The SMILES string of the molecule is Cc1nc(N[C@@H]2CCCN(CC#N)C2)nnc1-c1ccc2sccc2c1O. The molecule has 1 aliphatic rings. The van der Waals surface area contributed by atoms with E-state index in [0.29, 0.717) is 29.4 Å². The van der Waals surface area contributed by atoms with Gasteiger partial charge in [0.15, 0.2) is 0 Å². The fourth-order valence-corrected chi connectivity index (χ4v) is 4.32. The number of aromatic nitrogens is 3. The zero-order valence-electron chi connectivity index (χ0n) is 15.0. The molecule has 138 valence electrons. The maximum Gasteiger partial charge on any atom is 0.243 e. The van der Waals surface area contributed by atoms with Crippen LogP contribution in [0.15, 0.2) is 23.6 Å². The first kappa shape index (κ1) is 17.6. The summed E-state index contributed by atoms with van der Waals surface area (Å²) in [5.41, 5.74) is 1.94. The third-order valence-corrected chi connectivity index (χ3v) is 5.74. The van der Waals surface area contributed by atoms with Crippen molar-refractivity contribution in [3.63, 3.8) is 0 Å². The third-order valence-electron chi connectivity index (χ3n) is 4.86. The normalized spacial score (nSPS) is 17.7. The second kappa shape index (κ2) is 7.47. The van der Waals surface area contributed by atoms with Gasteiger partial charge >= 0.3 is 0 Å². The highest BCUT2D eigenvalue weighted by Gasteiger charge is 2.21. The predicted molar refractivity (Wildman–Crippen MR) is 106 cm³/mol. The first-order valence-electron chi connectivity index (χ1n) is 8.92. The van der Waals surface area contributed by atoms with Gasteiger partial charge < -0.3 is 10.4 Å². The summed E-state index contributed by atoms with van der Waals surface area (Å²) in [6, 6.07) is 8.15. The summed E-state index contributed by atoms with van der Waals surface area (Å²) in [6.45, 7) is 4.06. The Labute approximate surface area is 161 Å². The Morgan fingerprint density at radius 3 is 3.07 bits per heavy atom. The van der Waals surface area contributed by atoms with Gasteiger partial charge in [0.05, 0.1) is 18.3 Å². The summed E-state index contributed by atoms with van der Waals surface area (Å²) in [4.78, 5) is 6.68. The second-order valence-corrected chi connectivity index (χ2v) is 7.69. The first-order chi connectivity index (χ1) is 13.2. The van der Waals surface area contributed by atoms with Crippen LogP contribution in [0.25, 0.3) is 21.3 Å². The zero-order chi connectivity index (χ0) is 18.8. The van der Waals surface area contributed by atoms with Crippen molar-refractivity contribution in [3.8, 4) is 23.1 Å². The number of likely N-dealkylation sites (tertiary alicyclic amines) is 1. The number of aryl methyl sites for hydroxylation is 1. The summed E-state index contributed by atoms with van der Waals surface area (Å²) in [7, 11) is 0. The van der Waals surface area contributed by atoms with E-state index < -0.39 is 0 Å². The zero-order valence-corrected chi connectivity index (χ0v) is 15.8. The Morgan fingerprint density at radius 1 is 1.37 bits per heavy atom. The highest BCUT2D eigenvalue weighted by Crippen LogP contribution is 2.37. The molecule has 0 amide bonds. The van der Waals surface area contributed by atoms with Gasteiger partial charge in [-0.05, 0) is 49.9 Å². The predicted octanol–water partition coefficient (Wildman–Crippen LogP) is 3.17. The van der Waals surface area contributed by atoms with Crippen LogP contribution in [0, 0.1) is 18.3 Å². The van der Waals surface area contributed by atoms with Crippen molar-refractivity contribution in [3.05, 3.63) is 29.3 Å². The Morgan fingerprint density at radius 2 is 2.26 bits per heavy atom. The van der Waals surface area contributed by atoms with E-state index in [1.54, 1.807) is 11.3 Å². The molecule has 2 aromatic heterocycles. The number of phenols is 1. The molecule has 1 fully saturated rings. The van der Waals surface area contributed by atoms with Gasteiger partial charge in [-0.25, -0.2) is 4.98 Å². The molecule has 0 bridgehead atoms. The Kier molecular flexibility index (Phi) is 4.88. The van der Waals surface area contributed by atoms with E-state index in [9.17, 15) is 5.11 Å². The van der Waals surface area contributed by atoms with Gasteiger partial charge in [-0.1, -0.05) is 0 Å². The molecule has 0 radical (unpaired) electrons. The number of thiophene rings is 1. The van der Waals surface area contributed by atoms with E-state index in [1.165, 1.54) is 0 Å². The Balaban J connectivity index is 1.55. The lowest BCUT2D eigenvalue weighted by molar-refractivity contribution is 0.239. The number of piperidine rings is 1. The third kappa shape index (κ3) is 3.56. The molecule has 1 atom stereocenters.